The Bertz CT molecular complexity index is 958. The minimum Gasteiger partial charge on any atom is -0.491 e. The summed E-state index contributed by atoms with van der Waals surface area (Å²) in [5.74, 6) is 0.741. The normalized spacial score (nSPS) is 11.8. The fraction of sp³-hybridized carbons (Fsp3) is 0.565. The number of benzene rings is 1. The first kappa shape index (κ1) is 23.6. The van der Waals surface area contributed by atoms with Crippen LogP contribution in [0.1, 0.15) is 60.1 Å². The molecule has 0 bridgehead atoms. The number of nitrogen functional groups attached to an aromatic ring is 1. The first-order valence-corrected chi connectivity index (χ1v) is 10.6. The van der Waals surface area contributed by atoms with Crippen molar-refractivity contribution in [2.75, 3.05) is 12.3 Å². The molecule has 0 atom stereocenters. The third kappa shape index (κ3) is 5.26. The molecule has 0 saturated heterocycles. The van der Waals surface area contributed by atoms with Crippen molar-refractivity contribution in [2.45, 2.75) is 73.0 Å². The van der Waals surface area contributed by atoms with Gasteiger partial charge < -0.3 is 20.1 Å². The van der Waals surface area contributed by atoms with Crippen molar-refractivity contribution in [2.24, 2.45) is 5.92 Å². The summed E-state index contributed by atoms with van der Waals surface area (Å²) in [6.45, 7) is 12.6. The van der Waals surface area contributed by atoms with Gasteiger partial charge in [0.1, 0.15) is 5.75 Å². The van der Waals surface area contributed by atoms with Crippen molar-refractivity contribution in [1.29, 1.82) is 0 Å². The zero-order chi connectivity index (χ0) is 22.6. The van der Waals surface area contributed by atoms with Crippen molar-refractivity contribution in [3.8, 4) is 5.75 Å². The van der Waals surface area contributed by atoms with E-state index < -0.39 is 11.6 Å². The molecule has 3 N–H and O–H groups in total. The molecule has 0 aliphatic rings. The molecule has 0 aliphatic carbocycles. The Hall–Kier alpha value is -2.70. The van der Waals surface area contributed by atoms with E-state index in [0.717, 1.165) is 12.8 Å². The van der Waals surface area contributed by atoms with E-state index in [2.05, 4.69) is 6.92 Å². The largest absolute Gasteiger partial charge is 0.491 e. The molecule has 1 aromatic carbocycles. The molecule has 2 rings (SSSR count). The summed E-state index contributed by atoms with van der Waals surface area (Å²) in [4.78, 5) is 26.8. The summed E-state index contributed by atoms with van der Waals surface area (Å²) in [6, 6.07) is 5.17. The van der Waals surface area contributed by atoms with Gasteiger partial charge in [-0.1, -0.05) is 27.2 Å². The molecule has 2 aromatic rings. The quantitative estimate of drug-likeness (QED) is 0.479. The van der Waals surface area contributed by atoms with E-state index >= 15 is 0 Å². The number of pyridine rings is 1. The van der Waals surface area contributed by atoms with Crippen LogP contribution in [0.5, 0.6) is 5.75 Å². The highest BCUT2D eigenvalue weighted by atomic mass is 16.5. The number of nitrogens with two attached hydrogens (primary N) is 1. The molecule has 0 unspecified atom stereocenters. The van der Waals surface area contributed by atoms with E-state index in [1.807, 2.05) is 34.6 Å². The van der Waals surface area contributed by atoms with Crippen LogP contribution in [-0.2, 0) is 13.1 Å². The van der Waals surface area contributed by atoms with Gasteiger partial charge in [0, 0.05) is 23.2 Å². The second-order valence-corrected chi connectivity index (χ2v) is 9.13. The number of hydrogen-bond donors (Lipinski definition) is 2. The number of carbonyl (C=O) groups is 1. The maximum absolute atomic E-state index is 13.4. The van der Waals surface area contributed by atoms with Crippen LogP contribution >= 0.6 is 0 Å². The second-order valence-electron chi connectivity index (χ2n) is 9.13. The van der Waals surface area contributed by atoms with Crippen molar-refractivity contribution in [1.82, 2.24) is 9.47 Å². The Labute approximate surface area is 178 Å². The maximum Gasteiger partial charge on any atom is 0.408 e. The lowest BCUT2D eigenvalue weighted by Crippen LogP contribution is -2.45. The number of unbranched alkanes of at least 4 members (excludes halogenated alkanes) is 1. The Morgan fingerprint density at radius 1 is 1.27 bits per heavy atom. The van der Waals surface area contributed by atoms with Gasteiger partial charge in [0.15, 0.2) is 0 Å². The third-order valence-corrected chi connectivity index (χ3v) is 4.99. The fourth-order valence-electron chi connectivity index (χ4n) is 3.42. The lowest BCUT2D eigenvalue weighted by atomic mass is 10.0. The first-order valence-electron chi connectivity index (χ1n) is 10.6. The number of anilines is 1. The molecule has 166 valence electrons. The van der Waals surface area contributed by atoms with Crippen molar-refractivity contribution < 1.29 is 14.6 Å². The number of aromatic nitrogens is 1. The average molecular weight is 418 g/mol. The molecule has 1 amide bonds. The lowest BCUT2D eigenvalue weighted by molar-refractivity contribution is 0.0927. The van der Waals surface area contributed by atoms with Crippen LogP contribution in [0.25, 0.3) is 10.8 Å². The molecular formula is C23H35N3O4. The SMILES string of the molecule is CCCCOc1c(CN(C(=O)O)C(C)(C)C)n(CC(C)C)c(=O)c2ccc(N)cc12. The molecule has 0 saturated carbocycles. The highest BCUT2D eigenvalue weighted by Gasteiger charge is 2.30. The van der Waals surface area contributed by atoms with Crippen molar-refractivity contribution in [3.63, 3.8) is 0 Å². The van der Waals surface area contributed by atoms with Gasteiger partial charge in [-0.25, -0.2) is 4.79 Å². The van der Waals surface area contributed by atoms with Gasteiger partial charge in [0.25, 0.3) is 5.56 Å². The summed E-state index contributed by atoms with van der Waals surface area (Å²) < 4.78 is 7.85. The summed E-state index contributed by atoms with van der Waals surface area (Å²) in [5.41, 5.74) is 6.31. The molecule has 0 aliphatic heterocycles. The van der Waals surface area contributed by atoms with E-state index in [9.17, 15) is 14.7 Å². The molecule has 0 radical (unpaired) electrons. The predicted octanol–water partition coefficient (Wildman–Crippen LogP) is 4.70. The number of carboxylic acid groups (broad SMARTS) is 1. The topological polar surface area (TPSA) is 97.8 Å². The zero-order valence-corrected chi connectivity index (χ0v) is 19.0. The van der Waals surface area contributed by atoms with E-state index in [0.29, 0.717) is 41.1 Å². The minimum absolute atomic E-state index is 0.0486. The Balaban J connectivity index is 2.83. The van der Waals surface area contributed by atoms with Gasteiger partial charge in [-0.05, 0) is 51.3 Å². The summed E-state index contributed by atoms with van der Waals surface area (Å²) in [7, 11) is 0. The molecular weight excluding hydrogens is 382 g/mol. The number of amides is 1. The van der Waals surface area contributed by atoms with Crippen LogP contribution in [0.15, 0.2) is 23.0 Å². The monoisotopic (exact) mass is 417 g/mol. The second kappa shape index (κ2) is 9.41. The molecule has 7 nitrogen and oxygen atoms in total. The summed E-state index contributed by atoms with van der Waals surface area (Å²) in [5, 5.41) is 11.0. The number of fused-ring (bicyclic) bond motifs is 1. The van der Waals surface area contributed by atoms with E-state index in [1.165, 1.54) is 4.90 Å². The van der Waals surface area contributed by atoms with E-state index in [4.69, 9.17) is 10.5 Å². The predicted molar refractivity (Wildman–Crippen MR) is 121 cm³/mol. The van der Waals surface area contributed by atoms with Crippen molar-refractivity contribution >= 4 is 22.6 Å². The van der Waals surface area contributed by atoms with Gasteiger partial charge in [-0.15, -0.1) is 0 Å². The van der Waals surface area contributed by atoms with Crippen molar-refractivity contribution in [3.05, 3.63) is 34.2 Å². The molecule has 1 heterocycles. The van der Waals surface area contributed by atoms with Gasteiger partial charge in [0.2, 0.25) is 0 Å². The fourth-order valence-corrected chi connectivity index (χ4v) is 3.42. The standard InChI is InChI=1S/C23H35N3O4/c1-7-8-11-30-20-18-12-16(24)9-10-17(18)21(27)25(13-15(2)3)19(20)14-26(22(28)29)23(4,5)6/h9-10,12,15H,7-8,11,13-14,24H2,1-6H3,(H,28,29). The van der Waals surface area contributed by atoms with Gasteiger partial charge in [-0.2, -0.15) is 0 Å². The molecule has 1 aromatic heterocycles. The number of ether oxygens (including phenoxy) is 1. The minimum atomic E-state index is -1.04. The third-order valence-electron chi connectivity index (χ3n) is 4.99. The first-order chi connectivity index (χ1) is 14.0. The van der Waals surface area contributed by atoms with E-state index in [1.54, 1.807) is 22.8 Å². The van der Waals surface area contributed by atoms with Crippen LogP contribution in [0.2, 0.25) is 0 Å². The Morgan fingerprint density at radius 2 is 1.93 bits per heavy atom. The van der Waals surface area contributed by atoms with Gasteiger partial charge in [-0.3, -0.25) is 9.69 Å². The smallest absolute Gasteiger partial charge is 0.408 e. The van der Waals surface area contributed by atoms with E-state index in [-0.39, 0.29) is 18.0 Å². The average Bonchev–Trinajstić information content (AvgIpc) is 2.62. The zero-order valence-electron chi connectivity index (χ0n) is 19.0. The summed E-state index contributed by atoms with van der Waals surface area (Å²) >= 11 is 0. The lowest BCUT2D eigenvalue weighted by Gasteiger charge is -2.34. The molecule has 0 fully saturated rings. The molecule has 0 spiro atoms. The highest BCUT2D eigenvalue weighted by Crippen LogP contribution is 2.32. The van der Waals surface area contributed by atoms with Crippen LogP contribution in [0.3, 0.4) is 0 Å². The Kier molecular flexibility index (Phi) is 7.39. The Morgan fingerprint density at radius 3 is 2.47 bits per heavy atom. The number of rotatable bonds is 8. The summed E-state index contributed by atoms with van der Waals surface area (Å²) in [6.07, 6.45) is 0.775. The number of nitrogens with zero attached hydrogens (tertiary/aromatic N) is 2. The maximum atomic E-state index is 13.4. The van der Waals surface area contributed by atoms with Gasteiger partial charge in [0.05, 0.1) is 24.2 Å². The van der Waals surface area contributed by atoms with Crippen LogP contribution in [0.4, 0.5) is 10.5 Å². The highest BCUT2D eigenvalue weighted by molar-refractivity contribution is 5.91. The molecule has 7 heteroatoms. The van der Waals surface area contributed by atoms with Crippen LogP contribution in [-0.4, -0.2) is 32.8 Å². The number of hydrogen-bond acceptors (Lipinski definition) is 4. The molecule has 30 heavy (non-hydrogen) atoms. The van der Waals surface area contributed by atoms with Gasteiger partial charge >= 0.3 is 6.09 Å². The van der Waals surface area contributed by atoms with Crippen LogP contribution in [0, 0.1) is 5.92 Å². The van der Waals surface area contributed by atoms with Crippen LogP contribution < -0.4 is 16.0 Å².